The van der Waals surface area contributed by atoms with Gasteiger partial charge in [0.15, 0.2) is 0 Å². The highest BCUT2D eigenvalue weighted by Crippen LogP contribution is 2.14. The summed E-state index contributed by atoms with van der Waals surface area (Å²) in [7, 11) is 0. The second-order valence-electron chi connectivity index (χ2n) is 3.42. The minimum absolute atomic E-state index is 0.0165. The molecular formula is C10H12N2O2. The number of carbonyl (C=O) groups is 2. The van der Waals surface area contributed by atoms with Crippen molar-refractivity contribution in [1.29, 1.82) is 0 Å². The van der Waals surface area contributed by atoms with E-state index in [0.717, 1.165) is 0 Å². The molecule has 0 aliphatic carbocycles. The van der Waals surface area contributed by atoms with Gasteiger partial charge >= 0.3 is 0 Å². The minimum atomic E-state index is -0.153. The molecule has 2 amide bonds. The zero-order chi connectivity index (χ0) is 10.1. The zero-order valence-electron chi connectivity index (χ0n) is 8.01. The molecular weight excluding hydrogens is 180 g/mol. The van der Waals surface area contributed by atoms with Crippen molar-refractivity contribution in [2.45, 2.75) is 13.1 Å². The van der Waals surface area contributed by atoms with Gasteiger partial charge in [-0.15, -0.1) is 0 Å². The molecule has 0 fully saturated rings. The lowest BCUT2D eigenvalue weighted by Crippen LogP contribution is -2.48. The van der Waals surface area contributed by atoms with Crippen LogP contribution in [-0.4, -0.2) is 40.9 Å². The minimum Gasteiger partial charge on any atom is -0.315 e. The molecule has 2 aliphatic rings. The highest BCUT2D eigenvalue weighted by molar-refractivity contribution is 5.92. The van der Waals surface area contributed by atoms with Crippen LogP contribution in [0, 0.1) is 0 Å². The second kappa shape index (κ2) is 3.29. The Morgan fingerprint density at radius 3 is 1.79 bits per heavy atom. The van der Waals surface area contributed by atoms with E-state index in [1.807, 2.05) is 19.1 Å². The monoisotopic (exact) mass is 192 g/mol. The maximum Gasteiger partial charge on any atom is 0.248 e. The zero-order valence-corrected chi connectivity index (χ0v) is 8.01. The normalized spacial score (nSPS) is 20.7. The van der Waals surface area contributed by atoms with Crippen LogP contribution >= 0.6 is 0 Å². The summed E-state index contributed by atoms with van der Waals surface area (Å²) in [6.45, 7) is 3.07. The van der Waals surface area contributed by atoms with E-state index >= 15 is 0 Å². The quantitative estimate of drug-likeness (QED) is 0.624. The van der Waals surface area contributed by atoms with E-state index in [1.165, 1.54) is 0 Å². The van der Waals surface area contributed by atoms with Crippen LogP contribution in [0.5, 0.6) is 0 Å². The second-order valence-corrected chi connectivity index (χ2v) is 3.42. The van der Waals surface area contributed by atoms with Crippen molar-refractivity contribution in [2.75, 3.05) is 13.1 Å². The number of nitrogens with zero attached hydrogens (tertiary/aromatic N) is 2. The lowest BCUT2D eigenvalue weighted by Gasteiger charge is -2.32. The number of hydrogen-bond acceptors (Lipinski definition) is 2. The van der Waals surface area contributed by atoms with Gasteiger partial charge in [-0.2, -0.15) is 0 Å². The molecule has 14 heavy (non-hydrogen) atoms. The molecule has 2 aliphatic heterocycles. The lowest BCUT2D eigenvalue weighted by molar-refractivity contribution is -0.136. The van der Waals surface area contributed by atoms with E-state index in [4.69, 9.17) is 0 Å². The summed E-state index contributed by atoms with van der Waals surface area (Å²) < 4.78 is 0. The molecule has 0 spiro atoms. The molecule has 0 atom stereocenters. The van der Waals surface area contributed by atoms with Crippen LogP contribution in [0.15, 0.2) is 24.3 Å². The fraction of sp³-hybridized carbons (Fsp3) is 0.400. The van der Waals surface area contributed by atoms with Crippen LogP contribution < -0.4 is 0 Å². The van der Waals surface area contributed by atoms with E-state index in [-0.39, 0.29) is 18.0 Å². The first kappa shape index (κ1) is 8.99. The van der Waals surface area contributed by atoms with Gasteiger partial charge in [-0.1, -0.05) is 12.2 Å². The maximum absolute atomic E-state index is 11.4. The van der Waals surface area contributed by atoms with Crippen molar-refractivity contribution in [3.05, 3.63) is 24.3 Å². The molecule has 0 unspecified atom stereocenters. The Morgan fingerprint density at radius 2 is 1.50 bits per heavy atom. The Bertz CT molecular complexity index is 301. The fourth-order valence-electron chi connectivity index (χ4n) is 1.75. The highest BCUT2D eigenvalue weighted by Gasteiger charge is 2.29. The van der Waals surface area contributed by atoms with E-state index in [1.54, 1.807) is 22.0 Å². The molecule has 4 nitrogen and oxygen atoms in total. The predicted octanol–water partition coefficient (Wildman–Crippen LogP) is 0.129. The maximum atomic E-state index is 11.4. The van der Waals surface area contributed by atoms with E-state index in [2.05, 4.69) is 0 Å². The Morgan fingerprint density at radius 1 is 1.07 bits per heavy atom. The number of carbonyl (C=O) groups excluding carboxylic acids is 2. The van der Waals surface area contributed by atoms with Gasteiger partial charge < -0.3 is 9.80 Å². The lowest BCUT2D eigenvalue weighted by atomic mass is 10.4. The van der Waals surface area contributed by atoms with Gasteiger partial charge in [-0.3, -0.25) is 9.59 Å². The van der Waals surface area contributed by atoms with Crippen molar-refractivity contribution in [3.63, 3.8) is 0 Å². The van der Waals surface area contributed by atoms with Gasteiger partial charge in [0.1, 0.15) is 6.17 Å². The van der Waals surface area contributed by atoms with Crippen LogP contribution in [0.25, 0.3) is 0 Å². The average molecular weight is 192 g/mol. The molecule has 2 rings (SSSR count). The van der Waals surface area contributed by atoms with Crippen LogP contribution in [0.2, 0.25) is 0 Å². The molecule has 0 bridgehead atoms. The van der Waals surface area contributed by atoms with Crippen LogP contribution in [0.4, 0.5) is 0 Å². The summed E-state index contributed by atoms with van der Waals surface area (Å²) in [4.78, 5) is 26.1. The molecule has 2 heterocycles. The van der Waals surface area contributed by atoms with Gasteiger partial charge in [-0.25, -0.2) is 0 Å². The van der Waals surface area contributed by atoms with E-state index in [0.29, 0.717) is 13.1 Å². The van der Waals surface area contributed by atoms with Gasteiger partial charge in [0.05, 0.1) is 0 Å². The third kappa shape index (κ3) is 1.32. The Hall–Kier alpha value is -1.58. The van der Waals surface area contributed by atoms with Gasteiger partial charge in [-0.05, 0) is 6.92 Å². The van der Waals surface area contributed by atoms with Crippen molar-refractivity contribution in [1.82, 2.24) is 9.80 Å². The summed E-state index contributed by atoms with van der Waals surface area (Å²) in [6, 6.07) is 0. The van der Waals surface area contributed by atoms with Crippen LogP contribution in [0.3, 0.4) is 0 Å². The molecule has 0 aromatic carbocycles. The summed E-state index contributed by atoms with van der Waals surface area (Å²) in [5, 5.41) is 0. The van der Waals surface area contributed by atoms with Crippen LogP contribution in [-0.2, 0) is 9.59 Å². The topological polar surface area (TPSA) is 40.6 Å². The first-order valence-corrected chi connectivity index (χ1v) is 4.64. The summed E-state index contributed by atoms with van der Waals surface area (Å²) >= 11 is 0. The molecule has 74 valence electrons. The van der Waals surface area contributed by atoms with Gasteiger partial charge in [0, 0.05) is 25.2 Å². The molecule has 0 saturated heterocycles. The van der Waals surface area contributed by atoms with Gasteiger partial charge in [0.2, 0.25) is 11.8 Å². The number of amides is 2. The number of hydrogen-bond donors (Lipinski definition) is 0. The molecule has 0 aromatic heterocycles. The largest absolute Gasteiger partial charge is 0.315 e. The summed E-state index contributed by atoms with van der Waals surface area (Å²) in [5.41, 5.74) is 0. The number of rotatable bonds is 2. The summed E-state index contributed by atoms with van der Waals surface area (Å²) in [5.74, 6) is -0.0330. The fourth-order valence-corrected chi connectivity index (χ4v) is 1.75. The molecule has 0 aromatic rings. The molecule has 4 heteroatoms. The highest BCUT2D eigenvalue weighted by atomic mass is 16.2. The average Bonchev–Trinajstić information content (AvgIpc) is 2.73. The van der Waals surface area contributed by atoms with Gasteiger partial charge in [0.25, 0.3) is 0 Å². The third-order valence-corrected chi connectivity index (χ3v) is 2.59. The predicted molar refractivity (Wildman–Crippen MR) is 51.2 cm³/mol. The van der Waals surface area contributed by atoms with Crippen molar-refractivity contribution >= 4 is 11.8 Å². The standard InChI is InChI=1S/C10H12N2O2/c1-8(11-6-2-4-9(11)13)12-7-3-5-10(12)14/h2-5,8H,6-7H2,1H3. The van der Waals surface area contributed by atoms with Crippen molar-refractivity contribution < 1.29 is 9.59 Å². The first-order valence-electron chi connectivity index (χ1n) is 4.64. The smallest absolute Gasteiger partial charge is 0.248 e. The first-order chi connectivity index (χ1) is 6.70. The van der Waals surface area contributed by atoms with Crippen molar-refractivity contribution in [2.24, 2.45) is 0 Å². The summed E-state index contributed by atoms with van der Waals surface area (Å²) in [6.07, 6.45) is 6.56. The van der Waals surface area contributed by atoms with E-state index < -0.39 is 0 Å². The van der Waals surface area contributed by atoms with Crippen molar-refractivity contribution in [3.8, 4) is 0 Å². The Kier molecular flexibility index (Phi) is 2.11. The third-order valence-electron chi connectivity index (χ3n) is 2.59. The Labute approximate surface area is 82.5 Å². The molecule has 0 saturated carbocycles. The Balaban J connectivity index is 2.05. The van der Waals surface area contributed by atoms with E-state index in [9.17, 15) is 9.59 Å². The molecule has 0 radical (unpaired) electrons. The SMILES string of the molecule is CC(N1CC=CC1=O)N1CC=CC1=O. The van der Waals surface area contributed by atoms with Crippen LogP contribution in [0.1, 0.15) is 6.92 Å². The molecule has 0 N–H and O–H groups in total.